The van der Waals surface area contributed by atoms with E-state index in [1.54, 1.807) is 7.11 Å². The van der Waals surface area contributed by atoms with Crippen LogP contribution >= 0.6 is 0 Å². The van der Waals surface area contributed by atoms with Gasteiger partial charge in [0.15, 0.2) is 0 Å². The number of rotatable bonds is 7. The van der Waals surface area contributed by atoms with E-state index in [1.165, 1.54) is 0 Å². The number of methoxy groups -OCH3 is 1. The largest absolute Gasteiger partial charge is 0.497 e. The number of hydrogen-bond acceptors (Lipinski definition) is 4. The lowest BCUT2D eigenvalue weighted by atomic mass is 10.0. The summed E-state index contributed by atoms with van der Waals surface area (Å²) in [5, 5.41) is 5.68. The van der Waals surface area contributed by atoms with Crippen molar-refractivity contribution >= 4 is 17.5 Å². The van der Waals surface area contributed by atoms with Gasteiger partial charge in [-0.05, 0) is 69.0 Å². The lowest BCUT2D eigenvalue weighted by molar-refractivity contribution is -0.125. The highest BCUT2D eigenvalue weighted by Crippen LogP contribution is 2.33. The zero-order valence-corrected chi connectivity index (χ0v) is 18.2. The minimum absolute atomic E-state index is 0.0384. The van der Waals surface area contributed by atoms with Crippen molar-refractivity contribution in [2.45, 2.75) is 39.7 Å². The average molecular weight is 410 g/mol. The minimum atomic E-state index is -0.218. The molecule has 0 aliphatic carbocycles. The van der Waals surface area contributed by atoms with Crippen molar-refractivity contribution in [2.75, 3.05) is 32.1 Å². The van der Waals surface area contributed by atoms with Crippen LogP contribution in [0.2, 0.25) is 0 Å². The standard InChI is InChI=1S/C24H31N3O3/c1-16-11-17(2)24(18(3)12-16)26-22(28)14-25-23(29)15-27-10-6-9-21(27)19-7-5-8-20(13-19)30-4/h5,7-8,11-13,21H,6,9-10,14-15H2,1-4H3,(H,25,29)(H,26,28). The maximum atomic E-state index is 12.5. The molecule has 30 heavy (non-hydrogen) atoms. The molecule has 0 radical (unpaired) electrons. The van der Waals surface area contributed by atoms with Gasteiger partial charge in [-0.3, -0.25) is 14.5 Å². The maximum absolute atomic E-state index is 12.5. The summed E-state index contributed by atoms with van der Waals surface area (Å²) in [6, 6.07) is 12.3. The Morgan fingerprint density at radius 1 is 1.10 bits per heavy atom. The molecule has 1 aliphatic rings. The number of nitrogens with zero attached hydrogens (tertiary/aromatic N) is 1. The molecule has 1 atom stereocenters. The Morgan fingerprint density at radius 2 is 1.83 bits per heavy atom. The zero-order valence-electron chi connectivity index (χ0n) is 18.2. The summed E-state index contributed by atoms with van der Waals surface area (Å²) < 4.78 is 5.33. The second-order valence-corrected chi connectivity index (χ2v) is 8.00. The number of anilines is 1. The van der Waals surface area contributed by atoms with Crippen LogP contribution in [0.5, 0.6) is 5.75 Å². The summed E-state index contributed by atoms with van der Waals surface area (Å²) in [7, 11) is 1.66. The molecule has 0 bridgehead atoms. The Balaban J connectivity index is 1.53. The summed E-state index contributed by atoms with van der Waals surface area (Å²) in [6.45, 7) is 7.08. The first kappa shape index (κ1) is 21.8. The second-order valence-electron chi connectivity index (χ2n) is 8.00. The van der Waals surface area contributed by atoms with Crippen LogP contribution in [0.1, 0.15) is 41.1 Å². The third-order valence-corrected chi connectivity index (χ3v) is 5.58. The molecular formula is C24H31N3O3. The van der Waals surface area contributed by atoms with E-state index in [0.717, 1.165) is 53.1 Å². The molecule has 1 heterocycles. The van der Waals surface area contributed by atoms with Crippen LogP contribution in [-0.2, 0) is 9.59 Å². The molecule has 2 amide bonds. The van der Waals surface area contributed by atoms with Crippen molar-refractivity contribution < 1.29 is 14.3 Å². The van der Waals surface area contributed by atoms with E-state index >= 15 is 0 Å². The zero-order chi connectivity index (χ0) is 21.7. The van der Waals surface area contributed by atoms with E-state index in [9.17, 15) is 9.59 Å². The van der Waals surface area contributed by atoms with Gasteiger partial charge < -0.3 is 15.4 Å². The number of amides is 2. The van der Waals surface area contributed by atoms with Gasteiger partial charge in [0.25, 0.3) is 0 Å². The van der Waals surface area contributed by atoms with E-state index in [4.69, 9.17) is 4.74 Å². The summed E-state index contributed by atoms with van der Waals surface area (Å²) in [6.07, 6.45) is 2.05. The van der Waals surface area contributed by atoms with Crippen molar-refractivity contribution in [1.82, 2.24) is 10.2 Å². The van der Waals surface area contributed by atoms with Crippen LogP contribution < -0.4 is 15.4 Å². The Kier molecular flexibility index (Phi) is 7.11. The lowest BCUT2D eigenvalue weighted by Gasteiger charge is -2.24. The van der Waals surface area contributed by atoms with Crippen molar-refractivity contribution in [3.05, 3.63) is 58.7 Å². The number of likely N-dealkylation sites (tertiary alicyclic amines) is 1. The SMILES string of the molecule is COc1cccc(C2CCCN2CC(=O)NCC(=O)Nc2c(C)cc(C)cc2C)c1. The average Bonchev–Trinajstić information content (AvgIpc) is 3.17. The molecule has 2 aromatic rings. The Bertz CT molecular complexity index is 903. The van der Waals surface area contributed by atoms with Gasteiger partial charge in [-0.25, -0.2) is 0 Å². The van der Waals surface area contributed by atoms with E-state index in [-0.39, 0.29) is 30.9 Å². The van der Waals surface area contributed by atoms with Crippen molar-refractivity contribution in [3.63, 3.8) is 0 Å². The highest BCUT2D eigenvalue weighted by Gasteiger charge is 2.27. The molecule has 6 nitrogen and oxygen atoms in total. The highest BCUT2D eigenvalue weighted by molar-refractivity contribution is 5.96. The fraction of sp³-hybridized carbons (Fsp3) is 0.417. The first-order valence-electron chi connectivity index (χ1n) is 10.4. The van der Waals surface area contributed by atoms with Gasteiger partial charge in [0.05, 0.1) is 20.2 Å². The predicted molar refractivity (Wildman–Crippen MR) is 119 cm³/mol. The highest BCUT2D eigenvalue weighted by atomic mass is 16.5. The molecule has 1 unspecified atom stereocenters. The van der Waals surface area contributed by atoms with Gasteiger partial charge in [0.2, 0.25) is 11.8 Å². The van der Waals surface area contributed by atoms with Crippen LogP contribution in [0.25, 0.3) is 0 Å². The van der Waals surface area contributed by atoms with E-state index in [2.05, 4.69) is 21.6 Å². The number of nitrogens with one attached hydrogen (secondary N) is 2. The fourth-order valence-corrected chi connectivity index (χ4v) is 4.22. The first-order chi connectivity index (χ1) is 14.4. The van der Waals surface area contributed by atoms with Gasteiger partial charge in [0, 0.05) is 11.7 Å². The van der Waals surface area contributed by atoms with Crippen molar-refractivity contribution in [1.29, 1.82) is 0 Å². The molecule has 6 heteroatoms. The summed E-state index contributed by atoms with van der Waals surface area (Å²) in [4.78, 5) is 27.0. The topological polar surface area (TPSA) is 70.7 Å². The fourth-order valence-electron chi connectivity index (χ4n) is 4.22. The Morgan fingerprint density at radius 3 is 2.53 bits per heavy atom. The number of aryl methyl sites for hydroxylation is 3. The van der Waals surface area contributed by atoms with Crippen LogP contribution in [0.3, 0.4) is 0 Å². The normalized spacial score (nSPS) is 16.3. The quantitative estimate of drug-likeness (QED) is 0.734. The van der Waals surface area contributed by atoms with Gasteiger partial charge in [-0.15, -0.1) is 0 Å². The van der Waals surface area contributed by atoms with Gasteiger partial charge in [0.1, 0.15) is 5.75 Å². The summed E-state index contributed by atoms with van der Waals surface area (Å²) in [5.74, 6) is 0.462. The second kappa shape index (κ2) is 9.76. The number of benzene rings is 2. The van der Waals surface area contributed by atoms with E-state index in [0.29, 0.717) is 0 Å². The van der Waals surface area contributed by atoms with E-state index in [1.807, 2.05) is 51.1 Å². The lowest BCUT2D eigenvalue weighted by Crippen LogP contribution is -2.40. The van der Waals surface area contributed by atoms with Crippen LogP contribution in [0.4, 0.5) is 5.69 Å². The maximum Gasteiger partial charge on any atom is 0.243 e. The van der Waals surface area contributed by atoms with Gasteiger partial charge in [-0.2, -0.15) is 0 Å². The first-order valence-corrected chi connectivity index (χ1v) is 10.4. The molecule has 2 aromatic carbocycles. The number of ether oxygens (including phenoxy) is 1. The predicted octanol–water partition coefficient (Wildman–Crippen LogP) is 3.51. The number of hydrogen-bond donors (Lipinski definition) is 2. The number of carbonyl (C=O) groups excluding carboxylic acids is 2. The van der Waals surface area contributed by atoms with Gasteiger partial charge >= 0.3 is 0 Å². The van der Waals surface area contributed by atoms with E-state index < -0.39 is 0 Å². The molecule has 0 aromatic heterocycles. The Labute approximate surface area is 178 Å². The van der Waals surface area contributed by atoms with Gasteiger partial charge in [-0.1, -0.05) is 29.8 Å². The molecule has 1 saturated heterocycles. The monoisotopic (exact) mass is 409 g/mol. The van der Waals surface area contributed by atoms with Crippen LogP contribution in [0.15, 0.2) is 36.4 Å². The molecule has 0 spiro atoms. The summed E-state index contributed by atoms with van der Waals surface area (Å²) in [5.41, 5.74) is 5.17. The number of carbonyl (C=O) groups is 2. The molecule has 0 saturated carbocycles. The third kappa shape index (κ3) is 5.39. The molecule has 2 N–H and O–H groups in total. The minimum Gasteiger partial charge on any atom is -0.497 e. The molecule has 1 fully saturated rings. The molecular weight excluding hydrogens is 378 g/mol. The van der Waals surface area contributed by atoms with Crippen molar-refractivity contribution in [2.24, 2.45) is 0 Å². The van der Waals surface area contributed by atoms with Crippen molar-refractivity contribution in [3.8, 4) is 5.75 Å². The molecule has 1 aliphatic heterocycles. The molecule has 3 rings (SSSR count). The smallest absolute Gasteiger partial charge is 0.243 e. The third-order valence-electron chi connectivity index (χ3n) is 5.58. The van der Waals surface area contributed by atoms with Crippen LogP contribution in [0, 0.1) is 20.8 Å². The Hall–Kier alpha value is -2.86. The van der Waals surface area contributed by atoms with Crippen LogP contribution in [-0.4, -0.2) is 43.5 Å². The summed E-state index contributed by atoms with van der Waals surface area (Å²) >= 11 is 0. The molecule has 160 valence electrons.